The molecular weight excluding hydrogens is 607 g/mol. The molecule has 0 atom stereocenters. The quantitative estimate of drug-likeness (QED) is 0.249. The predicted molar refractivity (Wildman–Crippen MR) is 184 cm³/mol. The molecule has 0 amide bonds. The van der Waals surface area contributed by atoms with Crippen LogP contribution in [0, 0.1) is 0 Å². The molecule has 2 aromatic heterocycles. The molecule has 0 fully saturated rings. The number of carbonyl (C=O) groups excluding carboxylic acids is 1. The Bertz CT molecular complexity index is 2270. The second-order valence-electron chi connectivity index (χ2n) is 10.3. The van der Waals surface area contributed by atoms with Gasteiger partial charge in [-0.15, -0.1) is 11.3 Å². The molecule has 0 bridgehead atoms. The van der Waals surface area contributed by atoms with Crippen molar-refractivity contribution in [2.24, 2.45) is 0 Å². The van der Waals surface area contributed by atoms with E-state index in [-0.39, 0.29) is 5.56 Å². The maximum atomic E-state index is 13.5. The lowest BCUT2D eigenvalue weighted by molar-refractivity contribution is -0.665. The third-order valence-electron chi connectivity index (χ3n) is 7.56. The third kappa shape index (κ3) is 5.47. The smallest absolute Gasteiger partial charge is 0.269 e. The minimum atomic E-state index is -1.08. The minimum absolute atomic E-state index is 0.0684. The van der Waals surface area contributed by atoms with E-state index in [2.05, 4.69) is 108 Å². The number of aliphatic carboxylic acids is 1. The monoisotopic (exact) mass is 637 g/mol. The summed E-state index contributed by atoms with van der Waals surface area (Å²) >= 11 is 5.13. The second kappa shape index (κ2) is 12.4. The van der Waals surface area contributed by atoms with E-state index in [0.717, 1.165) is 32.7 Å². The van der Waals surface area contributed by atoms with Crippen molar-refractivity contribution in [2.75, 3.05) is 11.9 Å². The molecule has 9 heteroatoms. The van der Waals surface area contributed by atoms with Gasteiger partial charge in [0.25, 0.3) is 10.6 Å². The fourth-order valence-electron chi connectivity index (χ4n) is 5.57. The van der Waals surface area contributed by atoms with Crippen molar-refractivity contribution >= 4 is 90.0 Å². The number of carbonyl (C=O) groups is 1. The highest BCUT2D eigenvalue weighted by atomic mass is 32.2. The molecule has 0 radical (unpaired) electrons. The summed E-state index contributed by atoms with van der Waals surface area (Å²) in [7, 11) is 2.11. The fourth-order valence-corrected chi connectivity index (χ4v) is 9.06. The van der Waals surface area contributed by atoms with Gasteiger partial charge in [-0.2, -0.15) is 4.57 Å². The van der Waals surface area contributed by atoms with Crippen LogP contribution in [0.4, 0.5) is 5.69 Å². The molecule has 3 heterocycles. The zero-order chi connectivity index (χ0) is 31.0. The number of hydrogen-bond acceptors (Lipinski definition) is 7. The number of thioether (sulfide) groups is 1. The van der Waals surface area contributed by atoms with Crippen LogP contribution in [0.25, 0.3) is 43.9 Å². The third-order valence-corrected chi connectivity index (χ3v) is 11.0. The van der Waals surface area contributed by atoms with Crippen molar-refractivity contribution in [2.45, 2.75) is 38.8 Å². The Labute approximate surface area is 267 Å². The van der Waals surface area contributed by atoms with Crippen LogP contribution in [0.3, 0.4) is 0 Å². The van der Waals surface area contributed by atoms with Gasteiger partial charge >= 0.3 is 0 Å². The Morgan fingerprint density at radius 2 is 1.57 bits per heavy atom. The van der Waals surface area contributed by atoms with Crippen molar-refractivity contribution < 1.29 is 14.5 Å². The minimum Gasteiger partial charge on any atom is -0.550 e. The molecule has 6 nitrogen and oxygen atoms in total. The van der Waals surface area contributed by atoms with Crippen LogP contribution in [-0.2, 0) is 17.9 Å². The summed E-state index contributed by atoms with van der Waals surface area (Å²) in [4.78, 5) is 25.8. The molecule has 6 aromatic rings. The average Bonchev–Trinajstić information content (AvgIpc) is 3.65. The summed E-state index contributed by atoms with van der Waals surface area (Å²) in [6.07, 6.45) is 6.28. The van der Waals surface area contributed by atoms with Crippen LogP contribution in [0.15, 0.2) is 93.6 Å². The number of thiazole rings is 2. The van der Waals surface area contributed by atoms with E-state index in [1.54, 1.807) is 34.4 Å². The van der Waals surface area contributed by atoms with Crippen molar-refractivity contribution in [1.82, 2.24) is 4.57 Å². The Morgan fingerprint density at radius 3 is 2.27 bits per heavy atom. The largest absolute Gasteiger partial charge is 0.550 e. The van der Waals surface area contributed by atoms with Crippen molar-refractivity contribution in [3.05, 3.63) is 108 Å². The molecule has 0 N–H and O–H groups in total. The van der Waals surface area contributed by atoms with Crippen LogP contribution in [0.1, 0.15) is 25.8 Å². The maximum Gasteiger partial charge on any atom is 0.269 e. The highest BCUT2D eigenvalue weighted by Crippen LogP contribution is 2.48. The Hall–Kier alpha value is -4.18. The number of aryl methyl sites for hydroxylation is 1. The van der Waals surface area contributed by atoms with Crippen LogP contribution in [0.5, 0.6) is 0 Å². The van der Waals surface area contributed by atoms with E-state index in [1.807, 2.05) is 17.6 Å². The lowest BCUT2D eigenvalue weighted by Gasteiger charge is -2.15. The van der Waals surface area contributed by atoms with Crippen molar-refractivity contribution in [3.63, 3.8) is 0 Å². The SMILES string of the molecule is CC(=O)[O-].CCn1c(=O)/c(=C\C=C2/Sc3ccc4ccccc4c3N2C)s/c1=C/c1sc2c3ccccc3ccc2[n+]1CC. The first-order valence-electron chi connectivity index (χ1n) is 14.4. The first-order chi connectivity index (χ1) is 21.3. The molecule has 0 saturated heterocycles. The predicted octanol–water partition coefficient (Wildman–Crippen LogP) is 5.21. The Kier molecular flexibility index (Phi) is 8.44. The van der Waals surface area contributed by atoms with Crippen LogP contribution < -0.4 is 29.3 Å². The normalized spacial score (nSPS) is 14.5. The highest BCUT2D eigenvalue weighted by molar-refractivity contribution is 8.03. The number of aromatic nitrogens is 2. The summed E-state index contributed by atoms with van der Waals surface area (Å²) < 4.78 is 7.28. The number of allylic oxidation sites excluding steroid dienone is 1. The maximum absolute atomic E-state index is 13.5. The lowest BCUT2D eigenvalue weighted by atomic mass is 10.1. The van der Waals surface area contributed by atoms with Crippen molar-refractivity contribution in [1.29, 1.82) is 0 Å². The molecule has 0 aliphatic carbocycles. The first kappa shape index (κ1) is 29.9. The van der Waals surface area contributed by atoms with E-state index in [9.17, 15) is 4.79 Å². The van der Waals surface area contributed by atoms with Gasteiger partial charge < -0.3 is 14.8 Å². The number of hydrogen-bond donors (Lipinski definition) is 0. The summed E-state index contributed by atoms with van der Waals surface area (Å²) in [5.74, 6) is -1.08. The molecule has 1 aliphatic rings. The number of nitrogens with zero attached hydrogens (tertiary/aromatic N) is 3. The lowest BCUT2D eigenvalue weighted by Crippen LogP contribution is -2.35. The van der Waals surface area contributed by atoms with Gasteiger partial charge in [0.2, 0.25) is 5.52 Å². The van der Waals surface area contributed by atoms with E-state index in [0.29, 0.717) is 6.54 Å². The topological polar surface area (TPSA) is 69.2 Å². The van der Waals surface area contributed by atoms with Gasteiger partial charge in [0, 0.05) is 41.3 Å². The number of anilines is 1. The van der Waals surface area contributed by atoms with E-state index in [4.69, 9.17) is 9.90 Å². The first-order valence-corrected chi connectivity index (χ1v) is 16.8. The van der Waals surface area contributed by atoms with Gasteiger partial charge in [-0.3, -0.25) is 9.36 Å². The summed E-state index contributed by atoms with van der Waals surface area (Å²) in [6.45, 7) is 6.71. The number of carboxylic acids is 1. The number of benzene rings is 4. The molecule has 4 aromatic carbocycles. The zero-order valence-electron chi connectivity index (χ0n) is 24.9. The second-order valence-corrected chi connectivity index (χ2v) is 13.4. The van der Waals surface area contributed by atoms with Crippen LogP contribution in [0.2, 0.25) is 0 Å². The Balaban J connectivity index is 0.000000810. The van der Waals surface area contributed by atoms with Gasteiger partial charge in [-0.05, 0) is 55.8 Å². The Morgan fingerprint density at radius 1 is 0.909 bits per heavy atom. The molecule has 0 spiro atoms. The van der Waals surface area contributed by atoms with Gasteiger partial charge in [-0.1, -0.05) is 77.7 Å². The number of fused-ring (bicyclic) bond motifs is 6. The standard InChI is InChI=1S/C33H28N3OS3.C2H4O2/c1-4-35-25-16-14-22-11-7-9-13-24(22)32(25)40-29(35)20-30-36(5-2)33(37)27(39-30)18-19-28-34(3)31-23-12-8-6-10-21(23)15-17-26(31)38-28;1-2(3)4/h6-20H,4-5H2,1-3H3;1H3,(H,3,4)/q+1;/p-1/b27-18+,28-19-;. The molecule has 0 saturated carbocycles. The van der Waals surface area contributed by atoms with Gasteiger partial charge in [-0.25, -0.2) is 0 Å². The summed E-state index contributed by atoms with van der Waals surface area (Å²) in [5, 5.41) is 16.2. The number of rotatable bonds is 4. The van der Waals surface area contributed by atoms with Gasteiger partial charge in [0.15, 0.2) is 0 Å². The molecule has 0 unspecified atom stereocenters. The molecule has 1 aliphatic heterocycles. The van der Waals surface area contributed by atoms with Crippen LogP contribution in [-0.4, -0.2) is 17.6 Å². The van der Waals surface area contributed by atoms with E-state index in [1.165, 1.54) is 42.3 Å². The average molecular weight is 638 g/mol. The van der Waals surface area contributed by atoms with Gasteiger partial charge in [0.05, 0.1) is 21.3 Å². The molecule has 7 rings (SSSR count). The summed E-state index contributed by atoms with van der Waals surface area (Å²) in [5.41, 5.74) is 2.54. The van der Waals surface area contributed by atoms with Crippen LogP contribution >= 0.6 is 34.4 Å². The van der Waals surface area contributed by atoms with E-state index < -0.39 is 5.97 Å². The highest BCUT2D eigenvalue weighted by Gasteiger charge is 2.24. The van der Waals surface area contributed by atoms with Crippen molar-refractivity contribution in [3.8, 4) is 0 Å². The molecular formula is C35H31N3O3S3. The summed E-state index contributed by atoms with van der Waals surface area (Å²) in [6, 6.07) is 25.9. The fraction of sp³-hybridized carbons (Fsp3) is 0.171. The number of carboxylic acid groups (broad SMARTS) is 1. The van der Waals surface area contributed by atoms with Gasteiger partial charge in [0.1, 0.15) is 15.9 Å². The molecule has 222 valence electrons. The van der Waals surface area contributed by atoms with E-state index >= 15 is 0 Å². The molecule has 44 heavy (non-hydrogen) atoms. The zero-order valence-corrected chi connectivity index (χ0v) is 27.3.